The monoisotopic (exact) mass is 498 g/mol. The molecule has 0 saturated heterocycles. The van der Waals surface area contributed by atoms with E-state index in [0.29, 0.717) is 38.5 Å². The van der Waals surface area contributed by atoms with Crippen molar-refractivity contribution in [1.29, 1.82) is 0 Å². The molecule has 2 N–H and O–H groups in total. The van der Waals surface area contributed by atoms with Gasteiger partial charge in [0.25, 0.3) is 0 Å². The van der Waals surface area contributed by atoms with E-state index in [1.165, 1.54) is 12.3 Å². The number of hydrogen-bond acceptors (Lipinski definition) is 7. The van der Waals surface area contributed by atoms with Gasteiger partial charge in [0.1, 0.15) is 12.4 Å². The van der Waals surface area contributed by atoms with Gasteiger partial charge in [-0.2, -0.15) is 0 Å². The molecule has 6 rings (SSSR count). The van der Waals surface area contributed by atoms with Crippen molar-refractivity contribution in [2.75, 3.05) is 0 Å². The van der Waals surface area contributed by atoms with Crippen LogP contribution in [0.25, 0.3) is 0 Å². The van der Waals surface area contributed by atoms with E-state index in [1.54, 1.807) is 0 Å². The van der Waals surface area contributed by atoms with Gasteiger partial charge in [0, 0.05) is 17.9 Å². The summed E-state index contributed by atoms with van der Waals surface area (Å²) in [7, 11) is 0. The van der Waals surface area contributed by atoms with Crippen molar-refractivity contribution in [3.05, 3.63) is 34.4 Å². The van der Waals surface area contributed by atoms with Crippen LogP contribution in [0, 0.1) is 28.6 Å². The van der Waals surface area contributed by atoms with E-state index < -0.39 is 22.0 Å². The second kappa shape index (κ2) is 8.26. The molecule has 36 heavy (non-hydrogen) atoms. The van der Waals surface area contributed by atoms with E-state index in [9.17, 15) is 24.6 Å². The van der Waals surface area contributed by atoms with Gasteiger partial charge in [0.05, 0.1) is 28.8 Å². The highest BCUT2D eigenvalue weighted by atomic mass is 16.5. The Kier molecular flexibility index (Phi) is 5.58. The molecule has 5 aliphatic rings. The lowest BCUT2D eigenvalue weighted by Gasteiger charge is -2.65. The Morgan fingerprint density at radius 2 is 1.81 bits per heavy atom. The van der Waals surface area contributed by atoms with Crippen molar-refractivity contribution >= 4 is 12.3 Å². The predicted molar refractivity (Wildman–Crippen MR) is 130 cm³/mol. The lowest BCUT2D eigenvalue weighted by molar-refractivity contribution is -0.248. The van der Waals surface area contributed by atoms with Crippen molar-refractivity contribution in [2.24, 2.45) is 28.6 Å². The zero-order valence-electron chi connectivity index (χ0n) is 21.1. The van der Waals surface area contributed by atoms with Gasteiger partial charge < -0.3 is 24.2 Å². The Labute approximate surface area is 211 Å². The number of hydrogen-bond donors (Lipinski definition) is 2. The molecule has 8 unspecified atom stereocenters. The Hall–Kier alpha value is -1.99. The van der Waals surface area contributed by atoms with E-state index >= 15 is 0 Å². The highest BCUT2D eigenvalue weighted by molar-refractivity contribution is 5.73. The minimum absolute atomic E-state index is 0.00800. The molecular weight excluding hydrogens is 460 g/mol. The molecule has 5 fully saturated rings. The number of rotatable bonds is 4. The first-order chi connectivity index (χ1) is 17.2. The Morgan fingerprint density at radius 3 is 2.47 bits per heavy atom. The van der Waals surface area contributed by atoms with Gasteiger partial charge in [-0.1, -0.05) is 13.3 Å². The molecule has 1 aromatic rings. The summed E-state index contributed by atoms with van der Waals surface area (Å²) >= 11 is 0. The minimum atomic E-state index is -1.22. The summed E-state index contributed by atoms with van der Waals surface area (Å²) < 4.78 is 11.0. The van der Waals surface area contributed by atoms with Gasteiger partial charge in [0.2, 0.25) is 0 Å². The lowest BCUT2D eigenvalue weighted by atomic mass is 9.41. The highest BCUT2D eigenvalue weighted by Gasteiger charge is 2.71. The predicted octanol–water partition coefficient (Wildman–Crippen LogP) is 3.89. The summed E-state index contributed by atoms with van der Waals surface area (Å²) in [6.45, 7) is 2.15. The maximum Gasteiger partial charge on any atom is 0.335 e. The van der Waals surface area contributed by atoms with Crippen LogP contribution in [-0.2, 0) is 14.3 Å². The molecule has 1 heterocycles. The molecule has 0 bridgehead atoms. The lowest BCUT2D eigenvalue weighted by Crippen LogP contribution is -2.68. The van der Waals surface area contributed by atoms with Gasteiger partial charge >= 0.3 is 11.6 Å². The molecule has 0 radical (unpaired) electrons. The molecule has 5 aliphatic carbocycles. The fourth-order valence-corrected chi connectivity index (χ4v) is 9.24. The third-order valence-electron chi connectivity index (χ3n) is 11.5. The molecule has 5 saturated carbocycles. The fourth-order valence-electron chi connectivity index (χ4n) is 9.24. The number of carbonyl (C=O) groups excluding carboxylic acids is 2. The van der Waals surface area contributed by atoms with Crippen LogP contribution in [-0.4, -0.2) is 39.8 Å². The Balaban J connectivity index is 1.26. The van der Waals surface area contributed by atoms with Gasteiger partial charge in [-0.05, 0) is 93.6 Å². The van der Waals surface area contributed by atoms with Crippen LogP contribution >= 0.6 is 0 Å². The molecule has 0 aromatic carbocycles. The zero-order chi connectivity index (χ0) is 25.3. The van der Waals surface area contributed by atoms with E-state index in [1.807, 2.05) is 6.07 Å². The van der Waals surface area contributed by atoms with Crippen LogP contribution in [0.15, 0.2) is 27.6 Å². The SMILES string of the molecule is CC12CCC3C(CCC4(O)CC(OC(=O)C5CCC5)CCC34C=O)C1(O)CCC2c1ccc(=O)oc1. The van der Waals surface area contributed by atoms with E-state index in [-0.39, 0.29) is 41.4 Å². The first-order valence-electron chi connectivity index (χ1n) is 13.9. The van der Waals surface area contributed by atoms with E-state index in [2.05, 4.69) is 6.92 Å². The van der Waals surface area contributed by atoms with Gasteiger partial charge in [-0.25, -0.2) is 4.79 Å². The van der Waals surface area contributed by atoms with Crippen molar-refractivity contribution in [3.8, 4) is 0 Å². The van der Waals surface area contributed by atoms with Crippen LogP contribution in [0.3, 0.4) is 0 Å². The van der Waals surface area contributed by atoms with E-state index in [0.717, 1.165) is 50.4 Å². The maximum absolute atomic E-state index is 12.9. The molecule has 196 valence electrons. The zero-order valence-corrected chi connectivity index (χ0v) is 21.1. The second-order valence-electron chi connectivity index (χ2n) is 12.7. The van der Waals surface area contributed by atoms with Crippen molar-refractivity contribution < 1.29 is 29.0 Å². The van der Waals surface area contributed by atoms with Crippen molar-refractivity contribution in [2.45, 2.75) is 107 Å². The number of esters is 1. The highest BCUT2D eigenvalue weighted by Crippen LogP contribution is 2.71. The Bertz CT molecular complexity index is 1090. The summed E-state index contributed by atoms with van der Waals surface area (Å²) in [5, 5.41) is 24.3. The number of fused-ring (bicyclic) bond motifs is 5. The van der Waals surface area contributed by atoms with Crippen LogP contribution in [0.1, 0.15) is 95.5 Å². The fraction of sp³-hybridized carbons (Fsp3) is 0.759. The van der Waals surface area contributed by atoms with Crippen LogP contribution in [0.5, 0.6) is 0 Å². The first-order valence-corrected chi connectivity index (χ1v) is 13.9. The van der Waals surface area contributed by atoms with Crippen LogP contribution < -0.4 is 5.63 Å². The number of aliphatic hydroxyl groups is 2. The number of aldehydes is 1. The normalized spacial score (nSPS) is 46.1. The average molecular weight is 499 g/mol. The van der Waals surface area contributed by atoms with Crippen molar-refractivity contribution in [3.63, 3.8) is 0 Å². The van der Waals surface area contributed by atoms with Crippen LogP contribution in [0.4, 0.5) is 0 Å². The van der Waals surface area contributed by atoms with Gasteiger partial charge in [-0.15, -0.1) is 0 Å². The number of ether oxygens (including phenoxy) is 1. The van der Waals surface area contributed by atoms with Crippen molar-refractivity contribution in [1.82, 2.24) is 0 Å². The molecule has 0 spiro atoms. The third kappa shape index (κ3) is 3.20. The minimum Gasteiger partial charge on any atom is -0.462 e. The second-order valence-corrected chi connectivity index (χ2v) is 12.7. The quantitative estimate of drug-likeness (QED) is 0.478. The summed E-state index contributed by atoms with van der Waals surface area (Å²) in [5.41, 5.74) is -2.94. The molecule has 0 amide bonds. The van der Waals surface area contributed by atoms with Gasteiger partial charge in [-0.3, -0.25) is 4.79 Å². The molecular formula is C29H38O7. The number of carbonyl (C=O) groups is 2. The standard InChI is InChI=1S/C29H38O7/c1-26-11-8-22-23(29(26,34)14-10-21(26)19-5-6-24(31)35-16-19)9-13-28(33)15-20(7-12-27(22,28)17-30)36-25(32)18-3-2-4-18/h5-6,16-18,20-23,33-34H,2-4,7-15H2,1H3. The molecule has 7 nitrogen and oxygen atoms in total. The van der Waals surface area contributed by atoms with Crippen LogP contribution in [0.2, 0.25) is 0 Å². The molecule has 7 heteroatoms. The first kappa shape index (κ1) is 24.4. The summed E-state index contributed by atoms with van der Waals surface area (Å²) in [4.78, 5) is 36.9. The molecule has 8 atom stereocenters. The summed E-state index contributed by atoms with van der Waals surface area (Å²) in [6.07, 6.45) is 10.3. The summed E-state index contributed by atoms with van der Waals surface area (Å²) in [6, 6.07) is 3.26. The smallest absolute Gasteiger partial charge is 0.335 e. The average Bonchev–Trinajstić information content (AvgIpc) is 3.09. The molecule has 0 aliphatic heterocycles. The van der Waals surface area contributed by atoms with E-state index in [4.69, 9.17) is 9.15 Å². The largest absolute Gasteiger partial charge is 0.462 e. The van der Waals surface area contributed by atoms with Gasteiger partial charge in [0.15, 0.2) is 0 Å². The Morgan fingerprint density at radius 1 is 1.03 bits per heavy atom. The molecule has 1 aromatic heterocycles. The summed E-state index contributed by atoms with van der Waals surface area (Å²) in [5.74, 6) is -0.286. The topological polar surface area (TPSA) is 114 Å². The maximum atomic E-state index is 12.9. The third-order valence-corrected chi connectivity index (χ3v) is 11.5.